The van der Waals surface area contributed by atoms with Crippen LogP contribution in [0.15, 0.2) is 18.2 Å². The van der Waals surface area contributed by atoms with Gasteiger partial charge in [0.2, 0.25) is 5.95 Å². The SMILES string of the molecule is CC(C)N1Cc2c(nc(N3CCOCC3)nc2N2CCN(c3cccc(Cl)c3Cl)CC2)C1=O. The number of fused-ring (bicyclic) bond motifs is 1. The molecule has 2 saturated heterocycles. The fraction of sp³-hybridized carbons (Fsp3) is 0.522. The summed E-state index contributed by atoms with van der Waals surface area (Å²) in [6.45, 7) is 10.5. The number of anilines is 3. The normalized spacial score (nSPS) is 19.0. The minimum Gasteiger partial charge on any atom is -0.378 e. The van der Waals surface area contributed by atoms with Crippen molar-refractivity contribution in [3.63, 3.8) is 0 Å². The van der Waals surface area contributed by atoms with E-state index < -0.39 is 0 Å². The first-order chi connectivity index (χ1) is 15.9. The zero-order chi connectivity index (χ0) is 23.1. The van der Waals surface area contributed by atoms with E-state index in [9.17, 15) is 4.79 Å². The third kappa shape index (κ3) is 4.20. The molecule has 0 saturated carbocycles. The number of piperazine rings is 1. The molecule has 3 aliphatic heterocycles. The maximum atomic E-state index is 13.2. The molecule has 2 fully saturated rings. The molecule has 5 rings (SSSR count). The Bertz CT molecular complexity index is 1050. The highest BCUT2D eigenvalue weighted by molar-refractivity contribution is 6.43. The summed E-state index contributed by atoms with van der Waals surface area (Å²) in [6, 6.07) is 5.84. The van der Waals surface area contributed by atoms with E-state index >= 15 is 0 Å². The Morgan fingerprint density at radius 1 is 0.939 bits per heavy atom. The van der Waals surface area contributed by atoms with Gasteiger partial charge in [-0.1, -0.05) is 29.3 Å². The van der Waals surface area contributed by atoms with Crippen molar-refractivity contribution in [3.8, 4) is 0 Å². The summed E-state index contributed by atoms with van der Waals surface area (Å²) in [6.07, 6.45) is 0. The van der Waals surface area contributed by atoms with E-state index in [0.717, 1.165) is 56.3 Å². The highest BCUT2D eigenvalue weighted by Crippen LogP contribution is 2.35. The second kappa shape index (κ2) is 9.16. The molecule has 0 bridgehead atoms. The van der Waals surface area contributed by atoms with Crippen molar-refractivity contribution in [2.24, 2.45) is 0 Å². The summed E-state index contributed by atoms with van der Waals surface area (Å²) in [5, 5.41) is 1.15. The minimum atomic E-state index is -0.0116. The molecule has 0 aliphatic carbocycles. The topological polar surface area (TPSA) is 65.0 Å². The summed E-state index contributed by atoms with van der Waals surface area (Å²) < 4.78 is 5.49. The first-order valence-electron chi connectivity index (χ1n) is 11.4. The van der Waals surface area contributed by atoms with Crippen molar-refractivity contribution < 1.29 is 9.53 Å². The van der Waals surface area contributed by atoms with Crippen LogP contribution < -0.4 is 14.7 Å². The molecule has 10 heteroatoms. The lowest BCUT2D eigenvalue weighted by molar-refractivity contribution is 0.0726. The molecule has 0 unspecified atom stereocenters. The van der Waals surface area contributed by atoms with Crippen molar-refractivity contribution in [3.05, 3.63) is 39.5 Å². The summed E-state index contributed by atoms with van der Waals surface area (Å²) in [5.74, 6) is 1.48. The maximum absolute atomic E-state index is 13.2. The van der Waals surface area contributed by atoms with E-state index in [0.29, 0.717) is 41.4 Å². The van der Waals surface area contributed by atoms with Crippen LogP contribution in [-0.2, 0) is 11.3 Å². The Hall–Kier alpha value is -2.29. The molecule has 3 aliphatic rings. The second-order valence-corrected chi connectivity index (χ2v) is 9.63. The number of nitrogens with zero attached hydrogens (tertiary/aromatic N) is 6. The van der Waals surface area contributed by atoms with E-state index in [-0.39, 0.29) is 11.9 Å². The van der Waals surface area contributed by atoms with E-state index in [1.807, 2.05) is 30.9 Å². The Labute approximate surface area is 204 Å². The lowest BCUT2D eigenvalue weighted by atomic mass is 10.2. The number of ether oxygens (including phenoxy) is 1. The lowest BCUT2D eigenvalue weighted by Gasteiger charge is -2.38. The number of aromatic nitrogens is 2. The zero-order valence-corrected chi connectivity index (χ0v) is 20.4. The number of rotatable bonds is 4. The highest BCUT2D eigenvalue weighted by atomic mass is 35.5. The quantitative estimate of drug-likeness (QED) is 0.651. The Balaban J connectivity index is 1.44. The predicted molar refractivity (Wildman–Crippen MR) is 131 cm³/mol. The number of hydrogen-bond acceptors (Lipinski definition) is 7. The Morgan fingerprint density at radius 3 is 2.33 bits per heavy atom. The molecule has 0 N–H and O–H groups in total. The summed E-state index contributed by atoms with van der Waals surface area (Å²) in [4.78, 5) is 31.4. The molecule has 2 aromatic rings. The zero-order valence-electron chi connectivity index (χ0n) is 18.9. The predicted octanol–water partition coefficient (Wildman–Crippen LogP) is 3.31. The van der Waals surface area contributed by atoms with Gasteiger partial charge >= 0.3 is 0 Å². The van der Waals surface area contributed by atoms with Gasteiger partial charge in [0.15, 0.2) is 0 Å². The van der Waals surface area contributed by atoms with Crippen molar-refractivity contribution in [2.45, 2.75) is 26.4 Å². The third-order valence-electron chi connectivity index (χ3n) is 6.53. The first-order valence-corrected chi connectivity index (χ1v) is 12.2. The fourth-order valence-electron chi connectivity index (χ4n) is 4.64. The van der Waals surface area contributed by atoms with Crippen LogP contribution in [0.4, 0.5) is 17.5 Å². The summed E-state index contributed by atoms with van der Waals surface area (Å²) in [5.41, 5.74) is 2.42. The van der Waals surface area contributed by atoms with Crippen LogP contribution in [0.5, 0.6) is 0 Å². The van der Waals surface area contributed by atoms with E-state index in [1.165, 1.54) is 0 Å². The lowest BCUT2D eigenvalue weighted by Crippen LogP contribution is -2.47. The van der Waals surface area contributed by atoms with Gasteiger partial charge in [0.05, 0.1) is 35.5 Å². The largest absolute Gasteiger partial charge is 0.378 e. The van der Waals surface area contributed by atoms with Gasteiger partial charge in [-0.3, -0.25) is 4.79 Å². The minimum absolute atomic E-state index is 0.0116. The van der Waals surface area contributed by atoms with E-state index in [4.69, 9.17) is 37.9 Å². The molecule has 33 heavy (non-hydrogen) atoms. The number of amides is 1. The average Bonchev–Trinajstić information content (AvgIpc) is 3.18. The molecule has 4 heterocycles. The van der Waals surface area contributed by atoms with Gasteiger partial charge in [-0.05, 0) is 26.0 Å². The number of hydrogen-bond donors (Lipinski definition) is 0. The van der Waals surface area contributed by atoms with Crippen molar-refractivity contribution in [1.82, 2.24) is 14.9 Å². The van der Waals surface area contributed by atoms with E-state index in [1.54, 1.807) is 6.07 Å². The monoisotopic (exact) mass is 490 g/mol. The number of morpholine rings is 1. The van der Waals surface area contributed by atoms with Crippen LogP contribution in [0.1, 0.15) is 29.9 Å². The Morgan fingerprint density at radius 2 is 1.64 bits per heavy atom. The van der Waals surface area contributed by atoms with Crippen LogP contribution in [-0.4, -0.2) is 79.3 Å². The molecule has 0 atom stereocenters. The Kier molecular flexibility index (Phi) is 6.24. The van der Waals surface area contributed by atoms with Crippen molar-refractivity contribution in [2.75, 3.05) is 67.2 Å². The molecule has 1 amide bonds. The molecule has 0 radical (unpaired) electrons. The van der Waals surface area contributed by atoms with Crippen LogP contribution in [0.3, 0.4) is 0 Å². The molecule has 176 valence electrons. The van der Waals surface area contributed by atoms with Gasteiger partial charge in [-0.25, -0.2) is 4.98 Å². The van der Waals surface area contributed by atoms with Crippen LogP contribution in [0, 0.1) is 0 Å². The number of halogens is 2. The average molecular weight is 491 g/mol. The number of carbonyl (C=O) groups excluding carboxylic acids is 1. The molecule has 8 nitrogen and oxygen atoms in total. The molecular formula is C23H28Cl2N6O2. The summed E-state index contributed by atoms with van der Waals surface area (Å²) in [7, 11) is 0. The van der Waals surface area contributed by atoms with Crippen molar-refractivity contribution >= 4 is 46.6 Å². The standard InChI is InChI=1S/C23H28Cl2N6O2/c1-15(2)31-14-16-20(22(31)32)26-23(30-10-12-33-13-11-30)27-21(16)29-8-6-28(7-9-29)18-5-3-4-17(24)19(18)25/h3-5,15H,6-14H2,1-2H3. The van der Waals surface area contributed by atoms with Crippen molar-refractivity contribution in [1.29, 1.82) is 0 Å². The molecule has 1 aromatic heterocycles. The number of benzene rings is 1. The smallest absolute Gasteiger partial charge is 0.273 e. The van der Waals surface area contributed by atoms with Gasteiger partial charge in [0.1, 0.15) is 11.5 Å². The van der Waals surface area contributed by atoms with Gasteiger partial charge in [0.25, 0.3) is 5.91 Å². The maximum Gasteiger partial charge on any atom is 0.273 e. The molecule has 1 aromatic carbocycles. The van der Waals surface area contributed by atoms with Crippen LogP contribution in [0.2, 0.25) is 10.0 Å². The first kappa shape index (κ1) is 22.5. The molecule has 0 spiro atoms. The van der Waals surface area contributed by atoms with Crippen LogP contribution in [0.25, 0.3) is 0 Å². The van der Waals surface area contributed by atoms with Crippen LogP contribution >= 0.6 is 23.2 Å². The fourth-order valence-corrected chi connectivity index (χ4v) is 5.06. The van der Waals surface area contributed by atoms with Gasteiger partial charge < -0.3 is 24.3 Å². The van der Waals surface area contributed by atoms with Gasteiger partial charge in [0, 0.05) is 50.9 Å². The second-order valence-electron chi connectivity index (χ2n) is 8.85. The van der Waals surface area contributed by atoms with Gasteiger partial charge in [-0.15, -0.1) is 0 Å². The van der Waals surface area contributed by atoms with E-state index in [2.05, 4.69) is 14.7 Å². The van der Waals surface area contributed by atoms with Gasteiger partial charge in [-0.2, -0.15) is 4.98 Å². The summed E-state index contributed by atoms with van der Waals surface area (Å²) >= 11 is 12.7. The highest BCUT2D eigenvalue weighted by Gasteiger charge is 2.37. The number of carbonyl (C=O) groups is 1. The molecular weight excluding hydrogens is 463 g/mol. The third-order valence-corrected chi connectivity index (χ3v) is 7.34.